The molecule has 2 N–H and O–H groups in total. The molecule has 3 heteroatoms. The molecule has 82 valence electrons. The second-order valence-corrected chi connectivity index (χ2v) is 4.68. The minimum absolute atomic E-state index is 0.420. The molecule has 0 aliphatic heterocycles. The molecule has 0 bridgehead atoms. The van der Waals surface area contributed by atoms with Crippen LogP contribution in [-0.2, 0) is 6.42 Å². The maximum atomic E-state index is 6.05. The topological polar surface area (TPSA) is 35.2 Å². The van der Waals surface area contributed by atoms with E-state index in [1.54, 1.807) is 7.11 Å². The molecular weight excluding hydrogens is 210 g/mol. The Morgan fingerprint density at radius 3 is 2.73 bits per heavy atom. The van der Waals surface area contributed by atoms with E-state index in [2.05, 4.69) is 6.07 Å². The van der Waals surface area contributed by atoms with Gasteiger partial charge in [0.25, 0.3) is 0 Å². The Morgan fingerprint density at radius 1 is 1.47 bits per heavy atom. The fourth-order valence-corrected chi connectivity index (χ4v) is 2.40. The number of ether oxygens (including phenoxy) is 1. The summed E-state index contributed by atoms with van der Waals surface area (Å²) >= 11 is 6.05. The number of hydrogen-bond donors (Lipinski definition) is 1. The molecule has 1 aliphatic rings. The van der Waals surface area contributed by atoms with Crippen LogP contribution in [0.15, 0.2) is 18.2 Å². The van der Waals surface area contributed by atoms with Gasteiger partial charge in [-0.05, 0) is 42.9 Å². The van der Waals surface area contributed by atoms with Gasteiger partial charge in [-0.2, -0.15) is 0 Å². The van der Waals surface area contributed by atoms with Crippen LogP contribution in [0.5, 0.6) is 5.75 Å². The number of nitrogens with two attached hydrogens (primary N) is 1. The number of hydrogen-bond acceptors (Lipinski definition) is 2. The molecule has 1 aliphatic carbocycles. The minimum atomic E-state index is 0.420. The highest BCUT2D eigenvalue weighted by molar-refractivity contribution is 6.32. The molecule has 1 fully saturated rings. The van der Waals surface area contributed by atoms with Crippen molar-refractivity contribution in [1.82, 2.24) is 0 Å². The molecule has 0 aromatic heterocycles. The lowest BCUT2D eigenvalue weighted by molar-refractivity contribution is 0.264. The first kappa shape index (κ1) is 10.8. The van der Waals surface area contributed by atoms with E-state index in [-0.39, 0.29) is 0 Å². The van der Waals surface area contributed by atoms with Gasteiger partial charge in [-0.15, -0.1) is 0 Å². The van der Waals surface area contributed by atoms with E-state index in [4.69, 9.17) is 22.1 Å². The fraction of sp³-hybridized carbons (Fsp3) is 0.500. The number of rotatable bonds is 3. The van der Waals surface area contributed by atoms with Gasteiger partial charge >= 0.3 is 0 Å². The Labute approximate surface area is 95.4 Å². The smallest absolute Gasteiger partial charge is 0.137 e. The summed E-state index contributed by atoms with van der Waals surface area (Å²) in [6, 6.07) is 6.42. The molecule has 0 unspecified atom stereocenters. The van der Waals surface area contributed by atoms with Crippen LogP contribution in [0.25, 0.3) is 0 Å². The van der Waals surface area contributed by atoms with E-state index in [1.165, 1.54) is 5.56 Å². The van der Waals surface area contributed by atoms with E-state index < -0.39 is 0 Å². The Balaban J connectivity index is 2.00. The van der Waals surface area contributed by atoms with Crippen molar-refractivity contribution >= 4 is 11.6 Å². The van der Waals surface area contributed by atoms with Gasteiger partial charge in [0, 0.05) is 6.04 Å². The predicted octanol–water partition coefficient (Wildman–Crippen LogP) is 2.63. The van der Waals surface area contributed by atoms with E-state index in [0.717, 1.165) is 30.9 Å². The lowest BCUT2D eigenvalue weighted by atomic mass is 9.77. The Bertz CT molecular complexity index is 347. The summed E-state index contributed by atoms with van der Waals surface area (Å²) in [6.07, 6.45) is 3.37. The number of halogens is 1. The quantitative estimate of drug-likeness (QED) is 0.859. The third-order valence-electron chi connectivity index (χ3n) is 3.01. The lowest BCUT2D eigenvalue weighted by Gasteiger charge is -2.32. The fourth-order valence-electron chi connectivity index (χ4n) is 2.12. The first-order valence-electron chi connectivity index (χ1n) is 5.27. The van der Waals surface area contributed by atoms with Crippen LogP contribution in [-0.4, -0.2) is 13.2 Å². The van der Waals surface area contributed by atoms with Crippen LogP contribution < -0.4 is 10.5 Å². The summed E-state index contributed by atoms with van der Waals surface area (Å²) in [5.41, 5.74) is 7.03. The second kappa shape index (κ2) is 4.42. The van der Waals surface area contributed by atoms with Crippen LogP contribution in [0.3, 0.4) is 0 Å². The van der Waals surface area contributed by atoms with Crippen molar-refractivity contribution in [3.8, 4) is 5.75 Å². The van der Waals surface area contributed by atoms with E-state index in [0.29, 0.717) is 11.1 Å². The summed E-state index contributed by atoms with van der Waals surface area (Å²) in [5, 5.41) is 0.693. The van der Waals surface area contributed by atoms with Gasteiger partial charge in [0.2, 0.25) is 0 Å². The Kier molecular flexibility index (Phi) is 3.17. The maximum Gasteiger partial charge on any atom is 0.137 e. The highest BCUT2D eigenvalue weighted by Gasteiger charge is 2.25. The van der Waals surface area contributed by atoms with Crippen LogP contribution in [0.1, 0.15) is 18.4 Å². The molecule has 0 heterocycles. The summed E-state index contributed by atoms with van der Waals surface area (Å²) in [7, 11) is 1.63. The lowest BCUT2D eigenvalue weighted by Crippen LogP contribution is -2.37. The van der Waals surface area contributed by atoms with E-state index >= 15 is 0 Å². The number of methoxy groups -OCH3 is 1. The third-order valence-corrected chi connectivity index (χ3v) is 3.31. The molecule has 1 aromatic rings. The summed E-state index contributed by atoms with van der Waals surface area (Å²) in [6.45, 7) is 0. The van der Waals surface area contributed by atoms with Crippen molar-refractivity contribution in [3.05, 3.63) is 28.8 Å². The van der Waals surface area contributed by atoms with Crippen molar-refractivity contribution in [2.75, 3.05) is 7.11 Å². The van der Waals surface area contributed by atoms with Crippen molar-refractivity contribution in [3.63, 3.8) is 0 Å². The van der Waals surface area contributed by atoms with Gasteiger partial charge in [-0.25, -0.2) is 0 Å². The van der Waals surface area contributed by atoms with E-state index in [9.17, 15) is 0 Å². The average Bonchev–Trinajstić information content (AvgIpc) is 2.16. The van der Waals surface area contributed by atoms with Crippen LogP contribution in [0.4, 0.5) is 0 Å². The van der Waals surface area contributed by atoms with Gasteiger partial charge in [-0.1, -0.05) is 17.7 Å². The summed E-state index contributed by atoms with van der Waals surface area (Å²) in [4.78, 5) is 0. The standard InChI is InChI=1S/C12H16ClNO/c1-15-12-3-2-8(7-11(12)13)4-9-5-10(14)6-9/h2-3,7,9-10H,4-6,14H2,1H3. The zero-order valence-electron chi connectivity index (χ0n) is 8.87. The molecule has 2 rings (SSSR count). The van der Waals surface area contributed by atoms with Gasteiger partial charge in [0.15, 0.2) is 0 Å². The zero-order valence-corrected chi connectivity index (χ0v) is 9.63. The van der Waals surface area contributed by atoms with Crippen LogP contribution in [0.2, 0.25) is 5.02 Å². The van der Waals surface area contributed by atoms with Crippen molar-refractivity contribution in [2.24, 2.45) is 11.7 Å². The largest absolute Gasteiger partial charge is 0.495 e. The average molecular weight is 226 g/mol. The molecule has 0 atom stereocenters. The molecule has 0 saturated heterocycles. The molecule has 15 heavy (non-hydrogen) atoms. The molecule has 0 radical (unpaired) electrons. The Morgan fingerprint density at radius 2 is 2.20 bits per heavy atom. The van der Waals surface area contributed by atoms with Gasteiger partial charge < -0.3 is 10.5 Å². The summed E-state index contributed by atoms with van der Waals surface area (Å²) < 4.78 is 5.11. The van der Waals surface area contributed by atoms with Crippen LogP contribution >= 0.6 is 11.6 Å². The highest BCUT2D eigenvalue weighted by atomic mass is 35.5. The number of benzene rings is 1. The maximum absolute atomic E-state index is 6.05. The monoisotopic (exact) mass is 225 g/mol. The molecule has 1 saturated carbocycles. The van der Waals surface area contributed by atoms with Crippen molar-refractivity contribution in [2.45, 2.75) is 25.3 Å². The molecule has 0 spiro atoms. The van der Waals surface area contributed by atoms with E-state index in [1.807, 2.05) is 12.1 Å². The first-order chi connectivity index (χ1) is 7.19. The second-order valence-electron chi connectivity index (χ2n) is 4.27. The predicted molar refractivity (Wildman–Crippen MR) is 62.4 cm³/mol. The minimum Gasteiger partial charge on any atom is -0.495 e. The summed E-state index contributed by atoms with van der Waals surface area (Å²) in [5.74, 6) is 1.48. The normalized spacial score (nSPS) is 24.7. The first-order valence-corrected chi connectivity index (χ1v) is 5.65. The van der Waals surface area contributed by atoms with Gasteiger partial charge in [-0.3, -0.25) is 0 Å². The Hall–Kier alpha value is -0.730. The third kappa shape index (κ3) is 2.44. The molecule has 0 amide bonds. The van der Waals surface area contributed by atoms with Gasteiger partial charge in [0.05, 0.1) is 12.1 Å². The SMILES string of the molecule is COc1ccc(CC2CC(N)C2)cc1Cl. The van der Waals surface area contributed by atoms with Crippen molar-refractivity contribution in [1.29, 1.82) is 0 Å². The highest BCUT2D eigenvalue weighted by Crippen LogP contribution is 2.31. The van der Waals surface area contributed by atoms with Gasteiger partial charge in [0.1, 0.15) is 5.75 Å². The van der Waals surface area contributed by atoms with Crippen molar-refractivity contribution < 1.29 is 4.74 Å². The zero-order chi connectivity index (χ0) is 10.8. The molecule has 2 nitrogen and oxygen atoms in total. The molecular formula is C12H16ClNO. The molecule has 1 aromatic carbocycles. The van der Waals surface area contributed by atoms with Crippen LogP contribution in [0, 0.1) is 5.92 Å².